The number of anilines is 1. The molecular weight excluding hydrogens is 202 g/mol. The fraction of sp³-hybridized carbons (Fsp3) is 0.222. The van der Waals surface area contributed by atoms with Crippen LogP contribution in [0.5, 0.6) is 0 Å². The SMILES string of the molecule is N#CCc1ncc(C#N)c(C(F)F)c1N. The highest BCUT2D eigenvalue weighted by Crippen LogP contribution is 2.29. The van der Waals surface area contributed by atoms with E-state index in [2.05, 4.69) is 4.98 Å². The molecular formula is C9H6F2N4. The van der Waals surface area contributed by atoms with Crippen molar-refractivity contribution in [2.75, 3.05) is 5.73 Å². The minimum absolute atomic E-state index is 0.0757. The van der Waals surface area contributed by atoms with Crippen molar-refractivity contribution in [2.24, 2.45) is 0 Å². The van der Waals surface area contributed by atoms with Crippen LogP contribution in [0.2, 0.25) is 0 Å². The van der Waals surface area contributed by atoms with Crippen LogP contribution in [0.4, 0.5) is 14.5 Å². The number of pyridine rings is 1. The second-order valence-corrected chi connectivity index (χ2v) is 2.69. The third kappa shape index (κ3) is 2.00. The smallest absolute Gasteiger partial charge is 0.267 e. The van der Waals surface area contributed by atoms with Crippen LogP contribution in [-0.4, -0.2) is 4.98 Å². The molecule has 0 aliphatic rings. The van der Waals surface area contributed by atoms with Gasteiger partial charge in [0.15, 0.2) is 0 Å². The Kier molecular flexibility index (Phi) is 3.14. The van der Waals surface area contributed by atoms with E-state index in [0.29, 0.717) is 0 Å². The van der Waals surface area contributed by atoms with Gasteiger partial charge in [-0.05, 0) is 0 Å². The van der Waals surface area contributed by atoms with Gasteiger partial charge in [-0.1, -0.05) is 0 Å². The van der Waals surface area contributed by atoms with Crippen LogP contribution in [-0.2, 0) is 6.42 Å². The van der Waals surface area contributed by atoms with Crippen LogP contribution in [0.1, 0.15) is 23.2 Å². The van der Waals surface area contributed by atoms with E-state index in [1.54, 1.807) is 12.1 Å². The lowest BCUT2D eigenvalue weighted by molar-refractivity contribution is 0.151. The lowest BCUT2D eigenvalue weighted by atomic mass is 10.1. The average molecular weight is 208 g/mol. The zero-order chi connectivity index (χ0) is 11.4. The van der Waals surface area contributed by atoms with Gasteiger partial charge >= 0.3 is 0 Å². The average Bonchev–Trinajstić information content (AvgIpc) is 2.20. The molecule has 6 heteroatoms. The fourth-order valence-corrected chi connectivity index (χ4v) is 1.12. The summed E-state index contributed by atoms with van der Waals surface area (Å²) in [5, 5.41) is 17.0. The number of aromatic nitrogens is 1. The summed E-state index contributed by atoms with van der Waals surface area (Å²) < 4.78 is 25.1. The Labute approximate surface area is 84.6 Å². The highest BCUT2D eigenvalue weighted by Gasteiger charge is 2.19. The number of nitrogen functional groups attached to an aromatic ring is 1. The second-order valence-electron chi connectivity index (χ2n) is 2.69. The van der Waals surface area contributed by atoms with Crippen LogP contribution < -0.4 is 5.73 Å². The Morgan fingerprint density at radius 2 is 2.13 bits per heavy atom. The Morgan fingerprint density at radius 1 is 1.47 bits per heavy atom. The summed E-state index contributed by atoms with van der Waals surface area (Å²) in [4.78, 5) is 3.68. The van der Waals surface area contributed by atoms with E-state index in [0.717, 1.165) is 6.20 Å². The first-order valence-electron chi connectivity index (χ1n) is 3.94. The summed E-state index contributed by atoms with van der Waals surface area (Å²) in [6.45, 7) is 0. The van der Waals surface area contributed by atoms with E-state index >= 15 is 0 Å². The van der Waals surface area contributed by atoms with Crippen molar-refractivity contribution in [3.63, 3.8) is 0 Å². The molecule has 0 unspecified atom stereocenters. The maximum Gasteiger partial charge on any atom is 0.267 e. The topological polar surface area (TPSA) is 86.5 Å². The normalized spacial score (nSPS) is 9.67. The van der Waals surface area contributed by atoms with Gasteiger partial charge in [-0.3, -0.25) is 4.98 Å². The van der Waals surface area contributed by atoms with Crippen LogP contribution in [0.3, 0.4) is 0 Å². The molecule has 0 spiro atoms. The predicted octanol–water partition coefficient (Wildman–Crippen LogP) is 1.54. The van der Waals surface area contributed by atoms with Gasteiger partial charge in [0.25, 0.3) is 6.43 Å². The van der Waals surface area contributed by atoms with Crippen molar-refractivity contribution in [1.82, 2.24) is 4.98 Å². The maximum absolute atomic E-state index is 12.6. The molecule has 0 amide bonds. The van der Waals surface area contributed by atoms with Crippen molar-refractivity contribution in [3.8, 4) is 12.1 Å². The number of hydrogen-bond donors (Lipinski definition) is 1. The molecule has 0 saturated carbocycles. The summed E-state index contributed by atoms with van der Waals surface area (Å²) in [6, 6.07) is 3.34. The van der Waals surface area contributed by atoms with Crippen molar-refractivity contribution in [3.05, 3.63) is 23.0 Å². The molecule has 1 rings (SSSR count). The first-order valence-corrected chi connectivity index (χ1v) is 3.94. The molecule has 1 aromatic rings. The molecule has 0 bridgehead atoms. The molecule has 1 aromatic heterocycles. The maximum atomic E-state index is 12.6. The number of halogens is 2. The van der Waals surface area contributed by atoms with Crippen LogP contribution in [0.25, 0.3) is 0 Å². The third-order valence-electron chi connectivity index (χ3n) is 1.83. The Morgan fingerprint density at radius 3 is 2.60 bits per heavy atom. The van der Waals surface area contributed by atoms with E-state index in [1.165, 1.54) is 0 Å². The van der Waals surface area contributed by atoms with Gasteiger partial charge in [0, 0.05) is 6.20 Å². The summed E-state index contributed by atoms with van der Waals surface area (Å²) in [5.74, 6) is 0. The van der Waals surface area contributed by atoms with Crippen LogP contribution in [0, 0.1) is 22.7 Å². The van der Waals surface area contributed by atoms with E-state index < -0.39 is 12.0 Å². The van der Waals surface area contributed by atoms with Crippen LogP contribution in [0.15, 0.2) is 6.20 Å². The zero-order valence-corrected chi connectivity index (χ0v) is 7.54. The summed E-state index contributed by atoms with van der Waals surface area (Å²) >= 11 is 0. The number of alkyl halides is 2. The first kappa shape index (κ1) is 10.9. The third-order valence-corrected chi connectivity index (χ3v) is 1.83. The zero-order valence-electron chi connectivity index (χ0n) is 7.54. The highest BCUT2D eigenvalue weighted by molar-refractivity contribution is 5.58. The molecule has 76 valence electrons. The highest BCUT2D eigenvalue weighted by atomic mass is 19.3. The van der Waals surface area contributed by atoms with Gasteiger partial charge in [0.2, 0.25) is 0 Å². The Bertz CT molecular complexity index is 456. The molecule has 0 atom stereocenters. The quantitative estimate of drug-likeness (QED) is 0.798. The Balaban J connectivity index is 3.39. The number of nitrogens with zero attached hydrogens (tertiary/aromatic N) is 3. The molecule has 4 nitrogen and oxygen atoms in total. The van der Waals surface area contributed by atoms with Gasteiger partial charge in [-0.2, -0.15) is 10.5 Å². The number of nitrogens with two attached hydrogens (primary N) is 1. The molecule has 0 radical (unpaired) electrons. The van der Waals surface area contributed by atoms with E-state index in [-0.39, 0.29) is 23.4 Å². The molecule has 15 heavy (non-hydrogen) atoms. The van der Waals surface area contributed by atoms with Crippen molar-refractivity contribution >= 4 is 5.69 Å². The molecule has 0 aliphatic heterocycles. The molecule has 0 fully saturated rings. The first-order chi connectivity index (χ1) is 7.11. The minimum atomic E-state index is -2.85. The van der Waals surface area contributed by atoms with Gasteiger partial charge in [-0.25, -0.2) is 8.78 Å². The standard InChI is InChI=1S/C9H6F2N4/c10-9(11)7-5(3-13)4-15-6(1-2-12)8(7)14/h4,9H,1,14H2. The van der Waals surface area contributed by atoms with Gasteiger partial charge < -0.3 is 5.73 Å². The summed E-state index contributed by atoms with van der Waals surface area (Å²) in [7, 11) is 0. The molecule has 2 N–H and O–H groups in total. The monoisotopic (exact) mass is 208 g/mol. The van der Waals surface area contributed by atoms with E-state index in [4.69, 9.17) is 16.3 Å². The molecule has 0 aromatic carbocycles. The molecule has 1 heterocycles. The van der Waals surface area contributed by atoms with Crippen molar-refractivity contribution in [2.45, 2.75) is 12.8 Å². The predicted molar refractivity (Wildman–Crippen MR) is 47.6 cm³/mol. The Hall–Kier alpha value is -2.21. The van der Waals surface area contributed by atoms with Crippen molar-refractivity contribution in [1.29, 1.82) is 10.5 Å². The number of hydrogen-bond acceptors (Lipinski definition) is 4. The number of nitriles is 2. The largest absolute Gasteiger partial charge is 0.397 e. The molecule has 0 aliphatic carbocycles. The summed E-state index contributed by atoms with van der Waals surface area (Å²) in [5.41, 5.74) is 4.40. The van der Waals surface area contributed by atoms with E-state index in [1.807, 2.05) is 0 Å². The van der Waals surface area contributed by atoms with Crippen molar-refractivity contribution < 1.29 is 8.78 Å². The van der Waals surface area contributed by atoms with Gasteiger partial charge in [0.1, 0.15) is 6.07 Å². The van der Waals surface area contributed by atoms with Gasteiger partial charge in [0.05, 0.1) is 35.0 Å². The number of rotatable bonds is 2. The fourth-order valence-electron chi connectivity index (χ4n) is 1.12. The lowest BCUT2D eigenvalue weighted by Crippen LogP contribution is -2.05. The molecule has 0 saturated heterocycles. The van der Waals surface area contributed by atoms with E-state index in [9.17, 15) is 8.78 Å². The minimum Gasteiger partial charge on any atom is -0.397 e. The summed E-state index contributed by atoms with van der Waals surface area (Å²) in [6.07, 6.45) is -2.00. The lowest BCUT2D eigenvalue weighted by Gasteiger charge is -2.08. The second kappa shape index (κ2) is 4.34. The van der Waals surface area contributed by atoms with Gasteiger partial charge in [-0.15, -0.1) is 0 Å². The van der Waals surface area contributed by atoms with Crippen LogP contribution >= 0.6 is 0 Å².